The minimum Gasteiger partial charge on any atom is -0.309 e. The minimum absolute atomic E-state index is 1.16. The monoisotopic (exact) mass is 957 g/mol. The first kappa shape index (κ1) is 43.4. The average molecular weight is 958 g/mol. The Morgan fingerprint density at radius 1 is 0.230 bits per heavy atom. The quantitative estimate of drug-likeness (QED) is 0.136. The van der Waals surface area contributed by atoms with Gasteiger partial charge in [0.15, 0.2) is 0 Å². The van der Waals surface area contributed by atoms with E-state index >= 15 is 0 Å². The highest BCUT2D eigenvalue weighted by Crippen LogP contribution is 2.50. The van der Waals surface area contributed by atoms with Crippen molar-refractivity contribution in [2.45, 2.75) is 0 Å². The van der Waals surface area contributed by atoms with Gasteiger partial charge in [0.1, 0.15) is 0 Å². The van der Waals surface area contributed by atoms with Gasteiger partial charge in [-0.15, -0.1) is 11.3 Å². The molecule has 0 fully saturated rings. The van der Waals surface area contributed by atoms with E-state index in [-0.39, 0.29) is 0 Å². The molecule has 0 aliphatic heterocycles. The molecule has 0 amide bonds. The molecule has 14 aromatic rings. The first-order valence-electron chi connectivity index (χ1n) is 25.4. The molecule has 0 saturated heterocycles. The number of hydrogen-bond acceptors (Lipinski definition) is 1. The lowest BCUT2D eigenvalue weighted by Gasteiger charge is -2.13. The predicted molar refractivity (Wildman–Crippen MR) is 317 cm³/mol. The van der Waals surface area contributed by atoms with E-state index in [1.807, 2.05) is 11.3 Å². The summed E-state index contributed by atoms with van der Waals surface area (Å²) >= 11 is 1.92. The number of benzene rings is 12. The molecule has 0 N–H and O–H groups in total. The summed E-state index contributed by atoms with van der Waals surface area (Å²) in [5.74, 6) is 0. The van der Waals surface area contributed by atoms with Gasteiger partial charge >= 0.3 is 0 Å². The molecule has 14 rings (SSSR count). The third kappa shape index (κ3) is 7.72. The van der Waals surface area contributed by atoms with Crippen LogP contribution < -0.4 is 0 Å². The highest BCUT2D eigenvalue weighted by atomic mass is 32.1. The number of aromatic nitrogens is 1. The van der Waals surface area contributed by atoms with Crippen molar-refractivity contribution in [3.05, 3.63) is 285 Å². The van der Waals surface area contributed by atoms with Crippen molar-refractivity contribution in [3.63, 3.8) is 0 Å². The number of thiophene rings is 1. The van der Waals surface area contributed by atoms with E-state index in [0.717, 1.165) is 5.69 Å². The van der Waals surface area contributed by atoms with Crippen molar-refractivity contribution in [2.24, 2.45) is 0 Å². The van der Waals surface area contributed by atoms with Crippen LogP contribution in [0.1, 0.15) is 0 Å². The van der Waals surface area contributed by atoms with E-state index in [1.165, 1.54) is 131 Å². The van der Waals surface area contributed by atoms with Crippen LogP contribution in [0.2, 0.25) is 0 Å². The van der Waals surface area contributed by atoms with Crippen molar-refractivity contribution in [1.82, 2.24) is 4.57 Å². The molecule has 74 heavy (non-hydrogen) atoms. The fourth-order valence-corrected chi connectivity index (χ4v) is 12.5. The maximum atomic E-state index is 2.49. The number of para-hydroxylation sites is 2. The molecule has 0 saturated carbocycles. The number of fused-ring (bicyclic) bond motifs is 7. The van der Waals surface area contributed by atoms with Gasteiger partial charge in [-0.1, -0.05) is 224 Å². The first-order valence-corrected chi connectivity index (χ1v) is 26.2. The maximum Gasteiger partial charge on any atom is 0.0634 e. The number of rotatable bonds is 9. The summed E-state index contributed by atoms with van der Waals surface area (Å²) in [6, 6.07) is 105. The lowest BCUT2D eigenvalue weighted by atomic mass is 9.92. The van der Waals surface area contributed by atoms with Crippen LogP contribution >= 0.6 is 11.3 Å². The van der Waals surface area contributed by atoms with Crippen molar-refractivity contribution in [2.75, 3.05) is 0 Å². The second-order valence-electron chi connectivity index (χ2n) is 19.2. The van der Waals surface area contributed by atoms with Gasteiger partial charge in [0.2, 0.25) is 0 Å². The Labute approximate surface area is 435 Å². The Bertz CT molecular complexity index is 4230. The average Bonchev–Trinajstić information content (AvgIpc) is 4.06. The van der Waals surface area contributed by atoms with Crippen LogP contribution in [0.5, 0.6) is 0 Å². The molecule has 0 spiro atoms. The van der Waals surface area contributed by atoms with E-state index in [0.29, 0.717) is 0 Å². The zero-order chi connectivity index (χ0) is 49.0. The highest BCUT2D eigenvalue weighted by molar-refractivity contribution is 7.27. The van der Waals surface area contributed by atoms with Gasteiger partial charge in [0.25, 0.3) is 0 Å². The van der Waals surface area contributed by atoms with Crippen LogP contribution in [-0.4, -0.2) is 4.57 Å². The fraction of sp³-hybridized carbons (Fsp3) is 0. The summed E-state index contributed by atoms with van der Waals surface area (Å²) in [5.41, 5.74) is 22.9. The van der Waals surface area contributed by atoms with Gasteiger partial charge in [0.05, 0.1) is 11.0 Å². The van der Waals surface area contributed by atoms with Crippen molar-refractivity contribution in [1.29, 1.82) is 0 Å². The number of hydrogen-bond donors (Lipinski definition) is 0. The number of nitrogens with zero attached hydrogens (tertiary/aromatic N) is 1. The Kier molecular flexibility index (Phi) is 10.8. The molecule has 2 heteroatoms. The Hall–Kier alpha value is -9.34. The van der Waals surface area contributed by atoms with Gasteiger partial charge in [-0.05, 0) is 144 Å². The van der Waals surface area contributed by atoms with Gasteiger partial charge in [-0.3, -0.25) is 0 Å². The minimum atomic E-state index is 1.16. The van der Waals surface area contributed by atoms with Crippen LogP contribution in [-0.2, 0) is 0 Å². The SMILES string of the molecule is c1ccc(-c2cc(-c3ccccc3)cc(-c3ccc(-c4cccc5c4sc4c(-c6ccc(-c7cc(-c8ccccc8)cc(-c8ccccc8)c7)cc6)cc6c7ccccc7n(-c7ccccc7)c6c45)cc3)c2)cc1. The highest BCUT2D eigenvalue weighted by Gasteiger charge is 2.23. The zero-order valence-electron chi connectivity index (χ0n) is 40.5. The normalized spacial score (nSPS) is 11.5. The van der Waals surface area contributed by atoms with E-state index < -0.39 is 0 Å². The third-order valence-electron chi connectivity index (χ3n) is 14.8. The van der Waals surface area contributed by atoms with Crippen LogP contribution in [0.25, 0.3) is 137 Å². The van der Waals surface area contributed by atoms with Crippen LogP contribution in [0, 0.1) is 0 Å². The van der Waals surface area contributed by atoms with Gasteiger partial charge in [-0.25, -0.2) is 0 Å². The lowest BCUT2D eigenvalue weighted by molar-refractivity contribution is 1.19. The molecule has 2 heterocycles. The van der Waals surface area contributed by atoms with E-state index in [2.05, 4.69) is 290 Å². The Balaban J connectivity index is 0.938. The standard InChI is InChI=1S/C72H47NS/c1-6-19-48(20-7-1)56-41-57(49-21-8-2-9-22-49)44-60(43-56)52-33-37-54(38-34-52)63-30-18-31-65-69-70-67(64-29-16-17-32-68(64)73(70)62-27-14-5-15-28-62)47-66(72(69)74-71(63)65)55-39-35-53(36-40-55)61-45-58(50-23-10-3-11-24-50)42-59(46-61)51-25-12-4-13-26-51/h1-47H. The Morgan fingerprint density at radius 3 is 1.05 bits per heavy atom. The van der Waals surface area contributed by atoms with Crippen LogP contribution in [0.4, 0.5) is 0 Å². The van der Waals surface area contributed by atoms with E-state index in [9.17, 15) is 0 Å². The van der Waals surface area contributed by atoms with Gasteiger partial charge in [0, 0.05) is 42.2 Å². The molecule has 1 nitrogen and oxygen atoms in total. The third-order valence-corrected chi connectivity index (χ3v) is 16.0. The van der Waals surface area contributed by atoms with E-state index in [1.54, 1.807) is 0 Å². The second kappa shape index (κ2) is 18.4. The van der Waals surface area contributed by atoms with Crippen LogP contribution in [0.15, 0.2) is 285 Å². The molecular formula is C72H47NS. The molecule has 346 valence electrons. The summed E-state index contributed by atoms with van der Waals surface area (Å²) in [6.07, 6.45) is 0. The summed E-state index contributed by atoms with van der Waals surface area (Å²) < 4.78 is 5.06. The van der Waals surface area contributed by atoms with Gasteiger partial charge in [-0.2, -0.15) is 0 Å². The maximum absolute atomic E-state index is 2.49. The molecule has 0 aliphatic rings. The summed E-state index contributed by atoms with van der Waals surface area (Å²) in [7, 11) is 0. The smallest absolute Gasteiger partial charge is 0.0634 e. The van der Waals surface area contributed by atoms with E-state index in [4.69, 9.17) is 0 Å². The summed E-state index contributed by atoms with van der Waals surface area (Å²) in [4.78, 5) is 0. The summed E-state index contributed by atoms with van der Waals surface area (Å²) in [6.45, 7) is 0. The molecule has 0 unspecified atom stereocenters. The van der Waals surface area contributed by atoms with Crippen LogP contribution in [0.3, 0.4) is 0 Å². The van der Waals surface area contributed by atoms with Crippen molar-refractivity contribution in [3.8, 4) is 94.7 Å². The van der Waals surface area contributed by atoms with Crippen molar-refractivity contribution < 1.29 is 0 Å². The molecule has 0 atom stereocenters. The molecule has 0 aliphatic carbocycles. The molecule has 12 aromatic carbocycles. The largest absolute Gasteiger partial charge is 0.309 e. The molecule has 0 bridgehead atoms. The molecular weight excluding hydrogens is 911 g/mol. The predicted octanol–water partition coefficient (Wildman–Crippen LogP) is 20.5. The Morgan fingerprint density at radius 2 is 0.595 bits per heavy atom. The topological polar surface area (TPSA) is 4.93 Å². The fourth-order valence-electron chi connectivity index (χ4n) is 11.2. The second-order valence-corrected chi connectivity index (χ2v) is 20.2. The summed E-state index contributed by atoms with van der Waals surface area (Å²) in [5, 5.41) is 5.05. The molecule has 0 radical (unpaired) electrons. The van der Waals surface area contributed by atoms with Gasteiger partial charge < -0.3 is 4.57 Å². The first-order chi connectivity index (χ1) is 36.7. The zero-order valence-corrected chi connectivity index (χ0v) is 41.3. The lowest BCUT2D eigenvalue weighted by Crippen LogP contribution is -1.94. The molecule has 2 aromatic heterocycles. The van der Waals surface area contributed by atoms with Crippen molar-refractivity contribution >= 4 is 53.3 Å².